The van der Waals surface area contributed by atoms with Gasteiger partial charge in [0.1, 0.15) is 5.82 Å². The third-order valence-electron chi connectivity index (χ3n) is 4.09. The minimum Gasteiger partial charge on any atom is -0.298 e. The van der Waals surface area contributed by atoms with Gasteiger partial charge in [-0.25, -0.2) is 17.8 Å². The molecule has 1 N–H and O–H groups in total. The van der Waals surface area contributed by atoms with E-state index >= 15 is 0 Å². The first-order valence-corrected chi connectivity index (χ1v) is 10.3. The fourth-order valence-corrected chi connectivity index (χ4v) is 5.28. The molecule has 1 aromatic heterocycles. The van der Waals surface area contributed by atoms with Gasteiger partial charge in [0.05, 0.1) is 21.7 Å². The average molecular weight is 391 g/mol. The van der Waals surface area contributed by atoms with Crippen molar-refractivity contribution in [2.24, 2.45) is 0 Å². The van der Waals surface area contributed by atoms with E-state index in [0.717, 1.165) is 0 Å². The smallest absolute Gasteiger partial charge is 0.257 e. The number of carbonyl (C=O) groups excluding carboxylic acids is 1. The van der Waals surface area contributed by atoms with Gasteiger partial charge in [-0.15, -0.1) is 0 Å². The maximum Gasteiger partial charge on any atom is 0.257 e. The Kier molecular flexibility index (Phi) is 4.12. The fraction of sp³-hybridized carbons (Fsp3) is 0.176. The van der Waals surface area contributed by atoms with E-state index in [9.17, 15) is 17.6 Å². The number of aromatic nitrogens is 1. The molecule has 3 aromatic rings. The van der Waals surface area contributed by atoms with Crippen LogP contribution < -0.4 is 9.62 Å². The molecule has 1 saturated heterocycles. The number of thiazole rings is 1. The Bertz CT molecular complexity index is 1090. The Morgan fingerprint density at radius 1 is 1.19 bits per heavy atom. The molecule has 4 rings (SSSR count). The van der Waals surface area contributed by atoms with Gasteiger partial charge in [0.2, 0.25) is 10.0 Å². The van der Waals surface area contributed by atoms with E-state index in [0.29, 0.717) is 39.6 Å². The van der Waals surface area contributed by atoms with Gasteiger partial charge in [-0.1, -0.05) is 11.3 Å². The van der Waals surface area contributed by atoms with Crippen molar-refractivity contribution in [3.63, 3.8) is 0 Å². The first kappa shape index (κ1) is 16.9. The lowest BCUT2D eigenvalue weighted by atomic mass is 10.2. The van der Waals surface area contributed by atoms with Crippen molar-refractivity contribution in [3.05, 3.63) is 53.8 Å². The van der Waals surface area contributed by atoms with Crippen molar-refractivity contribution >= 4 is 48.3 Å². The fourth-order valence-electron chi connectivity index (χ4n) is 2.83. The van der Waals surface area contributed by atoms with E-state index in [1.165, 1.54) is 27.8 Å². The van der Waals surface area contributed by atoms with Gasteiger partial charge in [0, 0.05) is 12.1 Å². The van der Waals surface area contributed by atoms with Crippen LogP contribution in [0.4, 0.5) is 15.2 Å². The molecule has 6 nitrogen and oxygen atoms in total. The normalized spacial score (nSPS) is 16.1. The Hall–Kier alpha value is -2.52. The number of benzene rings is 2. The second-order valence-electron chi connectivity index (χ2n) is 5.87. The molecule has 0 radical (unpaired) electrons. The summed E-state index contributed by atoms with van der Waals surface area (Å²) in [6.45, 7) is 0.455. The van der Waals surface area contributed by atoms with Crippen LogP contribution in [0.25, 0.3) is 10.2 Å². The molecule has 0 aliphatic carbocycles. The lowest BCUT2D eigenvalue weighted by Crippen LogP contribution is -2.25. The van der Waals surface area contributed by atoms with Crippen LogP contribution in [0.1, 0.15) is 16.8 Å². The number of nitrogens with zero attached hydrogens (tertiary/aromatic N) is 2. The summed E-state index contributed by atoms with van der Waals surface area (Å²) in [5, 5.41) is 3.06. The van der Waals surface area contributed by atoms with Gasteiger partial charge < -0.3 is 0 Å². The molecular weight excluding hydrogens is 377 g/mol. The van der Waals surface area contributed by atoms with Crippen molar-refractivity contribution < 1.29 is 17.6 Å². The van der Waals surface area contributed by atoms with Crippen LogP contribution in [0.15, 0.2) is 42.5 Å². The van der Waals surface area contributed by atoms with Crippen LogP contribution in [-0.4, -0.2) is 31.6 Å². The molecule has 1 fully saturated rings. The van der Waals surface area contributed by atoms with E-state index in [-0.39, 0.29) is 17.5 Å². The summed E-state index contributed by atoms with van der Waals surface area (Å²) < 4.78 is 39.1. The molecule has 0 spiro atoms. The number of anilines is 2. The van der Waals surface area contributed by atoms with Gasteiger partial charge in [0.25, 0.3) is 5.91 Å². The number of rotatable bonds is 3. The molecule has 0 atom stereocenters. The highest BCUT2D eigenvalue weighted by molar-refractivity contribution is 7.93. The monoisotopic (exact) mass is 391 g/mol. The molecule has 1 aliphatic heterocycles. The predicted octanol–water partition coefficient (Wildman–Crippen LogP) is 3.23. The number of nitrogens with one attached hydrogen (secondary N) is 1. The molecule has 26 heavy (non-hydrogen) atoms. The topological polar surface area (TPSA) is 79.4 Å². The second-order valence-corrected chi connectivity index (χ2v) is 8.92. The van der Waals surface area contributed by atoms with Crippen LogP contribution in [0.2, 0.25) is 0 Å². The molecule has 0 unspecified atom stereocenters. The lowest BCUT2D eigenvalue weighted by Gasteiger charge is -2.16. The highest BCUT2D eigenvalue weighted by Gasteiger charge is 2.28. The molecule has 134 valence electrons. The van der Waals surface area contributed by atoms with Gasteiger partial charge >= 0.3 is 0 Å². The van der Waals surface area contributed by atoms with Crippen molar-refractivity contribution in [1.29, 1.82) is 0 Å². The van der Waals surface area contributed by atoms with Gasteiger partial charge in [-0.2, -0.15) is 0 Å². The number of sulfonamides is 1. The van der Waals surface area contributed by atoms with E-state index in [2.05, 4.69) is 10.3 Å². The highest BCUT2D eigenvalue weighted by Crippen LogP contribution is 2.27. The maximum atomic E-state index is 13.2. The predicted molar refractivity (Wildman–Crippen MR) is 99.7 cm³/mol. The van der Waals surface area contributed by atoms with E-state index < -0.39 is 10.0 Å². The first-order chi connectivity index (χ1) is 12.4. The molecular formula is C17H14FN3O3S2. The quantitative estimate of drug-likeness (QED) is 0.743. The Labute approximate surface area is 153 Å². The lowest BCUT2D eigenvalue weighted by molar-refractivity contribution is 0.102. The zero-order chi connectivity index (χ0) is 18.3. The summed E-state index contributed by atoms with van der Waals surface area (Å²) in [6.07, 6.45) is 0.600. The maximum absolute atomic E-state index is 13.2. The number of carbonyl (C=O) groups is 1. The standard InChI is InChI=1S/C17H14FN3O3S2/c18-12-4-7-14-15(10-12)25-17(19-14)20-16(22)11-2-5-13(6-3-11)21-8-1-9-26(21,23)24/h2-7,10H,1,8-9H2,(H,19,20,22). The van der Waals surface area contributed by atoms with Crippen LogP contribution in [0, 0.1) is 5.82 Å². The highest BCUT2D eigenvalue weighted by atomic mass is 32.2. The van der Waals surface area contributed by atoms with Crippen molar-refractivity contribution in [2.45, 2.75) is 6.42 Å². The molecule has 9 heteroatoms. The SMILES string of the molecule is O=C(Nc1nc2ccc(F)cc2s1)c1ccc(N2CCCS2(=O)=O)cc1. The van der Waals surface area contributed by atoms with Crippen LogP contribution in [0.3, 0.4) is 0 Å². The van der Waals surface area contributed by atoms with Crippen LogP contribution >= 0.6 is 11.3 Å². The largest absolute Gasteiger partial charge is 0.298 e. The number of halogens is 1. The first-order valence-electron chi connectivity index (χ1n) is 7.90. The van der Waals surface area contributed by atoms with Gasteiger partial charge in [-0.3, -0.25) is 14.4 Å². The minimum absolute atomic E-state index is 0.146. The average Bonchev–Trinajstić information content (AvgIpc) is 3.16. The second kappa shape index (κ2) is 6.33. The summed E-state index contributed by atoms with van der Waals surface area (Å²) in [5.74, 6) is -0.570. The summed E-state index contributed by atoms with van der Waals surface area (Å²) in [7, 11) is -3.25. The summed E-state index contributed by atoms with van der Waals surface area (Å²) in [6, 6.07) is 10.6. The Morgan fingerprint density at radius 3 is 2.65 bits per heavy atom. The third-order valence-corrected chi connectivity index (χ3v) is 6.89. The molecule has 1 aliphatic rings. The van der Waals surface area contributed by atoms with E-state index in [1.54, 1.807) is 30.3 Å². The van der Waals surface area contributed by atoms with Crippen molar-refractivity contribution in [1.82, 2.24) is 4.98 Å². The van der Waals surface area contributed by atoms with Crippen LogP contribution in [0.5, 0.6) is 0 Å². The number of amides is 1. The van der Waals surface area contributed by atoms with Gasteiger partial charge in [0.15, 0.2) is 5.13 Å². The van der Waals surface area contributed by atoms with E-state index in [4.69, 9.17) is 0 Å². The summed E-state index contributed by atoms with van der Waals surface area (Å²) >= 11 is 1.19. The number of hydrogen-bond donors (Lipinski definition) is 1. The van der Waals surface area contributed by atoms with Crippen molar-refractivity contribution in [3.8, 4) is 0 Å². The summed E-state index contributed by atoms with van der Waals surface area (Å²) in [5.41, 5.74) is 1.55. The number of hydrogen-bond acceptors (Lipinski definition) is 5. The zero-order valence-electron chi connectivity index (χ0n) is 13.5. The summed E-state index contributed by atoms with van der Waals surface area (Å²) in [4.78, 5) is 16.6. The zero-order valence-corrected chi connectivity index (χ0v) is 15.1. The number of fused-ring (bicyclic) bond motifs is 1. The van der Waals surface area contributed by atoms with E-state index in [1.807, 2.05) is 0 Å². The van der Waals surface area contributed by atoms with Gasteiger partial charge in [-0.05, 0) is 48.9 Å². The minimum atomic E-state index is -3.25. The molecule has 1 amide bonds. The molecule has 0 saturated carbocycles. The third kappa shape index (κ3) is 3.15. The molecule has 0 bridgehead atoms. The Balaban J connectivity index is 1.52. The molecule has 2 heterocycles. The Morgan fingerprint density at radius 2 is 1.96 bits per heavy atom. The molecule has 2 aromatic carbocycles. The van der Waals surface area contributed by atoms with Crippen LogP contribution in [-0.2, 0) is 10.0 Å². The van der Waals surface area contributed by atoms with Crippen molar-refractivity contribution in [2.75, 3.05) is 21.9 Å².